The van der Waals surface area contributed by atoms with Gasteiger partial charge in [-0.05, 0) is 45.7 Å². The largest absolute Gasteiger partial charge is 0.444 e. The Morgan fingerprint density at radius 2 is 1.86 bits per heavy atom. The fourth-order valence-corrected chi connectivity index (χ4v) is 3.24. The predicted molar refractivity (Wildman–Crippen MR) is 108 cm³/mol. The number of nitrogens with zero attached hydrogens (tertiary/aromatic N) is 6. The summed E-state index contributed by atoms with van der Waals surface area (Å²) in [5.41, 5.74) is 1.81. The minimum atomic E-state index is -0.478. The SMILES string of the molecule is CC(C)(C)OC(=O)N1CCC(Nc2nccc(-c3ccn4nccc4n3)n2)CC1. The highest BCUT2D eigenvalue weighted by Crippen LogP contribution is 2.20. The van der Waals surface area contributed by atoms with E-state index in [0.29, 0.717) is 19.0 Å². The minimum Gasteiger partial charge on any atom is -0.444 e. The van der Waals surface area contributed by atoms with Crippen LogP contribution < -0.4 is 5.32 Å². The van der Waals surface area contributed by atoms with Crippen LogP contribution in [0.1, 0.15) is 33.6 Å². The van der Waals surface area contributed by atoms with Gasteiger partial charge in [0.25, 0.3) is 0 Å². The Hall–Kier alpha value is -3.23. The van der Waals surface area contributed by atoms with Crippen molar-refractivity contribution < 1.29 is 9.53 Å². The van der Waals surface area contributed by atoms with Gasteiger partial charge in [0, 0.05) is 37.6 Å². The summed E-state index contributed by atoms with van der Waals surface area (Å²) >= 11 is 0. The molecule has 0 spiro atoms. The topological polar surface area (TPSA) is 97.5 Å². The Bertz CT molecular complexity index is 1000. The van der Waals surface area contributed by atoms with Gasteiger partial charge in [0.15, 0.2) is 5.65 Å². The Morgan fingerprint density at radius 3 is 2.62 bits per heavy atom. The maximum atomic E-state index is 12.2. The molecule has 1 aliphatic heterocycles. The maximum absolute atomic E-state index is 12.2. The van der Waals surface area contributed by atoms with Crippen LogP contribution in [0, 0.1) is 0 Å². The average molecular weight is 395 g/mol. The Kier molecular flexibility index (Phi) is 5.04. The lowest BCUT2D eigenvalue weighted by molar-refractivity contribution is 0.0210. The van der Waals surface area contributed by atoms with E-state index in [-0.39, 0.29) is 12.1 Å². The van der Waals surface area contributed by atoms with Crippen LogP contribution in [-0.2, 0) is 4.74 Å². The van der Waals surface area contributed by atoms with Gasteiger partial charge in [-0.2, -0.15) is 5.10 Å². The third kappa shape index (κ3) is 4.61. The molecule has 0 aliphatic carbocycles. The second kappa shape index (κ2) is 7.65. The molecule has 3 aromatic rings. The number of hydrogen-bond donors (Lipinski definition) is 1. The molecule has 0 atom stereocenters. The number of amides is 1. The smallest absolute Gasteiger partial charge is 0.410 e. The van der Waals surface area contributed by atoms with E-state index < -0.39 is 5.60 Å². The van der Waals surface area contributed by atoms with Gasteiger partial charge in [0.05, 0.1) is 17.6 Å². The van der Waals surface area contributed by atoms with Crippen molar-refractivity contribution in [3.8, 4) is 11.4 Å². The fraction of sp³-hybridized carbons (Fsp3) is 0.450. The van der Waals surface area contributed by atoms with E-state index in [4.69, 9.17) is 4.74 Å². The first-order valence-corrected chi connectivity index (χ1v) is 9.76. The average Bonchev–Trinajstić information content (AvgIpc) is 3.15. The highest BCUT2D eigenvalue weighted by molar-refractivity contribution is 5.68. The second-order valence-electron chi connectivity index (χ2n) is 8.10. The monoisotopic (exact) mass is 395 g/mol. The summed E-state index contributed by atoms with van der Waals surface area (Å²) in [4.78, 5) is 27.5. The summed E-state index contributed by atoms with van der Waals surface area (Å²) in [7, 11) is 0. The number of carbonyl (C=O) groups is 1. The molecule has 1 saturated heterocycles. The molecule has 1 fully saturated rings. The van der Waals surface area contributed by atoms with Crippen molar-refractivity contribution in [2.75, 3.05) is 18.4 Å². The van der Waals surface area contributed by atoms with Crippen LogP contribution >= 0.6 is 0 Å². The van der Waals surface area contributed by atoms with E-state index in [1.807, 2.05) is 45.2 Å². The molecule has 0 unspecified atom stereocenters. The molecule has 4 heterocycles. The van der Waals surface area contributed by atoms with Crippen LogP contribution in [0.4, 0.5) is 10.7 Å². The van der Waals surface area contributed by atoms with E-state index >= 15 is 0 Å². The van der Waals surface area contributed by atoms with E-state index in [2.05, 4.69) is 25.4 Å². The van der Waals surface area contributed by atoms with E-state index in [1.54, 1.807) is 21.8 Å². The first-order chi connectivity index (χ1) is 13.9. The summed E-state index contributed by atoms with van der Waals surface area (Å²) in [6.45, 7) is 6.92. The van der Waals surface area contributed by atoms with E-state index in [9.17, 15) is 4.79 Å². The highest BCUT2D eigenvalue weighted by atomic mass is 16.6. The molecule has 4 rings (SSSR count). The highest BCUT2D eigenvalue weighted by Gasteiger charge is 2.27. The van der Waals surface area contributed by atoms with Gasteiger partial charge in [-0.1, -0.05) is 0 Å². The number of fused-ring (bicyclic) bond motifs is 1. The van der Waals surface area contributed by atoms with Crippen molar-refractivity contribution in [3.05, 3.63) is 36.8 Å². The van der Waals surface area contributed by atoms with Gasteiger partial charge < -0.3 is 15.0 Å². The van der Waals surface area contributed by atoms with Crippen molar-refractivity contribution in [2.45, 2.75) is 45.3 Å². The lowest BCUT2D eigenvalue weighted by atomic mass is 10.1. The molecule has 1 amide bonds. The molecule has 29 heavy (non-hydrogen) atoms. The summed E-state index contributed by atoms with van der Waals surface area (Å²) in [6.07, 6.45) is 6.67. The minimum absolute atomic E-state index is 0.203. The van der Waals surface area contributed by atoms with Crippen LogP contribution in [0.2, 0.25) is 0 Å². The lowest BCUT2D eigenvalue weighted by Crippen LogP contribution is -2.44. The van der Waals surface area contributed by atoms with Gasteiger partial charge in [-0.25, -0.2) is 24.3 Å². The van der Waals surface area contributed by atoms with Gasteiger partial charge in [-0.3, -0.25) is 0 Å². The number of anilines is 1. The van der Waals surface area contributed by atoms with Gasteiger partial charge in [0.1, 0.15) is 5.60 Å². The number of aromatic nitrogens is 5. The number of likely N-dealkylation sites (tertiary alicyclic amines) is 1. The number of nitrogens with one attached hydrogen (secondary N) is 1. The molecule has 9 nitrogen and oxygen atoms in total. The molecule has 3 aromatic heterocycles. The molecule has 0 aromatic carbocycles. The fourth-order valence-electron chi connectivity index (χ4n) is 3.24. The van der Waals surface area contributed by atoms with Crippen molar-refractivity contribution >= 4 is 17.7 Å². The second-order valence-corrected chi connectivity index (χ2v) is 8.10. The van der Waals surface area contributed by atoms with Crippen molar-refractivity contribution in [2.24, 2.45) is 0 Å². The summed E-state index contributed by atoms with van der Waals surface area (Å²) in [5, 5.41) is 7.54. The zero-order chi connectivity index (χ0) is 20.4. The zero-order valence-corrected chi connectivity index (χ0v) is 16.9. The van der Waals surface area contributed by atoms with Crippen LogP contribution in [0.3, 0.4) is 0 Å². The number of ether oxygens (including phenoxy) is 1. The third-order valence-corrected chi connectivity index (χ3v) is 4.66. The van der Waals surface area contributed by atoms with Crippen molar-refractivity contribution in [3.63, 3.8) is 0 Å². The summed E-state index contributed by atoms with van der Waals surface area (Å²) in [6, 6.07) is 5.77. The van der Waals surface area contributed by atoms with Crippen LogP contribution in [0.25, 0.3) is 17.0 Å². The molecule has 0 radical (unpaired) electrons. The molecular formula is C20H25N7O2. The predicted octanol–water partition coefficient (Wildman–Crippen LogP) is 3.00. The molecule has 9 heteroatoms. The number of hydrogen-bond acceptors (Lipinski definition) is 7. The molecular weight excluding hydrogens is 370 g/mol. The standard InChI is InChI=1S/C20H25N7O2/c1-20(2,3)29-19(28)26-11-6-14(7-12-26)23-18-21-9-4-15(25-18)16-8-13-27-17(24-16)5-10-22-27/h4-5,8-10,13-14H,6-7,11-12H2,1-3H3,(H,21,23,25). The van der Waals surface area contributed by atoms with E-state index in [0.717, 1.165) is 29.9 Å². The van der Waals surface area contributed by atoms with Gasteiger partial charge in [0.2, 0.25) is 5.95 Å². The van der Waals surface area contributed by atoms with E-state index in [1.165, 1.54) is 0 Å². The summed E-state index contributed by atoms with van der Waals surface area (Å²) < 4.78 is 7.16. The van der Waals surface area contributed by atoms with Crippen molar-refractivity contribution in [1.82, 2.24) is 29.5 Å². The third-order valence-electron chi connectivity index (χ3n) is 4.66. The molecule has 152 valence electrons. The molecule has 0 bridgehead atoms. The van der Waals surface area contributed by atoms with Crippen LogP contribution in [0.5, 0.6) is 0 Å². The van der Waals surface area contributed by atoms with Crippen LogP contribution in [-0.4, -0.2) is 60.3 Å². The Morgan fingerprint density at radius 1 is 1.10 bits per heavy atom. The Balaban J connectivity index is 1.38. The molecule has 0 saturated carbocycles. The lowest BCUT2D eigenvalue weighted by Gasteiger charge is -2.33. The summed E-state index contributed by atoms with van der Waals surface area (Å²) in [5.74, 6) is 0.563. The normalized spacial score (nSPS) is 15.5. The quantitative estimate of drug-likeness (QED) is 0.728. The Labute approximate surface area is 169 Å². The zero-order valence-electron chi connectivity index (χ0n) is 16.9. The number of rotatable bonds is 3. The first kappa shape index (κ1) is 19.1. The number of carbonyl (C=O) groups excluding carboxylic acids is 1. The first-order valence-electron chi connectivity index (χ1n) is 9.76. The van der Waals surface area contributed by atoms with Gasteiger partial charge >= 0.3 is 6.09 Å². The van der Waals surface area contributed by atoms with Crippen molar-refractivity contribution in [1.29, 1.82) is 0 Å². The number of piperidine rings is 1. The van der Waals surface area contributed by atoms with Crippen LogP contribution in [0.15, 0.2) is 36.8 Å². The molecule has 1 N–H and O–H groups in total. The maximum Gasteiger partial charge on any atom is 0.410 e. The molecule has 1 aliphatic rings. The van der Waals surface area contributed by atoms with Gasteiger partial charge in [-0.15, -0.1) is 0 Å².